The second-order valence-corrected chi connectivity index (χ2v) is 8.45. The number of halogens is 1. The van der Waals surface area contributed by atoms with Gasteiger partial charge in [0, 0.05) is 13.1 Å². The number of carboxylic acids is 1. The molecule has 1 fully saturated rings. The number of carbonyl (C=O) groups excluding carboxylic acids is 3. The van der Waals surface area contributed by atoms with Crippen LogP contribution in [0.5, 0.6) is 5.75 Å². The van der Waals surface area contributed by atoms with Gasteiger partial charge in [0.25, 0.3) is 0 Å². The molecule has 1 aromatic rings. The summed E-state index contributed by atoms with van der Waals surface area (Å²) >= 11 is 6.36. The Labute approximate surface area is 192 Å². The molecule has 2 rings (SSSR count). The fourth-order valence-corrected chi connectivity index (χ4v) is 4.03. The lowest BCUT2D eigenvalue weighted by Gasteiger charge is -2.31. The average molecular weight is 468 g/mol. The Kier molecular flexibility index (Phi) is 9.46. The molecule has 0 bridgehead atoms. The van der Waals surface area contributed by atoms with Crippen LogP contribution in [0.4, 0.5) is 0 Å². The quantitative estimate of drug-likeness (QED) is 0.422. The molecule has 0 aliphatic carbocycles. The number of hydrogen-bond acceptors (Lipinski definition) is 6. The van der Waals surface area contributed by atoms with Gasteiger partial charge in [0.05, 0.1) is 30.6 Å². The Morgan fingerprint density at radius 1 is 1.34 bits per heavy atom. The molecule has 0 unspecified atom stereocenters. The summed E-state index contributed by atoms with van der Waals surface area (Å²) in [7, 11) is 1.53. The fourth-order valence-electron chi connectivity index (χ4n) is 3.76. The van der Waals surface area contributed by atoms with Gasteiger partial charge in [0.15, 0.2) is 0 Å². The van der Waals surface area contributed by atoms with Gasteiger partial charge in [-0.3, -0.25) is 14.4 Å². The third kappa shape index (κ3) is 6.43. The van der Waals surface area contributed by atoms with Crippen molar-refractivity contribution < 1.29 is 29.0 Å². The Morgan fingerprint density at radius 3 is 2.66 bits per heavy atom. The number of aliphatic carboxylic acids is 1. The molecular formula is C22H30ClN3O6. The number of nitrogens with one attached hydrogen (secondary N) is 2. The maximum atomic E-state index is 13.3. The van der Waals surface area contributed by atoms with Gasteiger partial charge in [-0.15, -0.1) is 0 Å². The standard InChI is InChI=1S/C22H30ClN3O6/c1-13(2)20(24-11-14-6-4-8-17(32-3)19(14)23)22(31)26-9-5-7-16(26)21(30)25-15(12-27)10-18(28)29/h4,6,8,12-13,15-16,20,24H,5,7,9-11H2,1-3H3,(H,25,30)(H,28,29)/t15-,16-,20-/m0/s1. The predicted octanol–water partition coefficient (Wildman–Crippen LogP) is 1.61. The maximum absolute atomic E-state index is 13.3. The third-order valence-electron chi connectivity index (χ3n) is 5.43. The SMILES string of the molecule is COc1cccc(CN[C@H](C(=O)N2CCC[C@H]2C(=O)N[C@H](C=O)CC(=O)O)C(C)C)c1Cl. The van der Waals surface area contributed by atoms with E-state index in [9.17, 15) is 19.2 Å². The van der Waals surface area contributed by atoms with Crippen LogP contribution in [0.3, 0.4) is 0 Å². The van der Waals surface area contributed by atoms with E-state index in [-0.39, 0.29) is 11.8 Å². The molecule has 1 aliphatic heterocycles. The van der Waals surface area contributed by atoms with Crippen LogP contribution in [0, 0.1) is 5.92 Å². The highest BCUT2D eigenvalue weighted by atomic mass is 35.5. The molecule has 0 radical (unpaired) electrons. The van der Waals surface area contributed by atoms with Gasteiger partial charge in [-0.2, -0.15) is 0 Å². The van der Waals surface area contributed by atoms with Crippen LogP contribution >= 0.6 is 11.6 Å². The van der Waals surface area contributed by atoms with Crippen molar-refractivity contribution in [1.82, 2.24) is 15.5 Å². The predicted molar refractivity (Wildman–Crippen MR) is 118 cm³/mol. The topological polar surface area (TPSA) is 125 Å². The van der Waals surface area contributed by atoms with Crippen molar-refractivity contribution in [2.75, 3.05) is 13.7 Å². The summed E-state index contributed by atoms with van der Waals surface area (Å²) in [6.45, 7) is 4.56. The molecule has 1 heterocycles. The minimum absolute atomic E-state index is 0.0640. The van der Waals surface area contributed by atoms with Crippen LogP contribution in [0.2, 0.25) is 5.02 Å². The van der Waals surface area contributed by atoms with Crippen LogP contribution < -0.4 is 15.4 Å². The molecule has 3 N–H and O–H groups in total. The van der Waals surface area contributed by atoms with E-state index in [1.807, 2.05) is 26.0 Å². The van der Waals surface area contributed by atoms with Gasteiger partial charge >= 0.3 is 5.97 Å². The number of methoxy groups -OCH3 is 1. The lowest BCUT2D eigenvalue weighted by molar-refractivity contribution is -0.142. The summed E-state index contributed by atoms with van der Waals surface area (Å²) in [5, 5.41) is 15.0. The summed E-state index contributed by atoms with van der Waals surface area (Å²) < 4.78 is 5.23. The van der Waals surface area contributed by atoms with E-state index in [0.717, 1.165) is 5.56 Å². The van der Waals surface area contributed by atoms with Crippen molar-refractivity contribution >= 4 is 35.7 Å². The summed E-state index contributed by atoms with van der Waals surface area (Å²) in [5.41, 5.74) is 0.780. The van der Waals surface area contributed by atoms with Crippen molar-refractivity contribution in [2.45, 2.75) is 57.8 Å². The first-order valence-corrected chi connectivity index (χ1v) is 10.9. The third-order valence-corrected chi connectivity index (χ3v) is 5.86. The van der Waals surface area contributed by atoms with Gasteiger partial charge in [0.1, 0.15) is 18.1 Å². The molecule has 2 amide bonds. The molecule has 1 saturated heterocycles. The summed E-state index contributed by atoms with van der Waals surface area (Å²) in [6, 6.07) is 2.96. The van der Waals surface area contributed by atoms with E-state index in [4.69, 9.17) is 21.4 Å². The van der Waals surface area contributed by atoms with Gasteiger partial charge in [-0.25, -0.2) is 0 Å². The molecule has 1 aromatic carbocycles. The first-order valence-electron chi connectivity index (χ1n) is 10.5. The Balaban J connectivity index is 2.10. The number of aldehydes is 1. The summed E-state index contributed by atoms with van der Waals surface area (Å²) in [5.74, 6) is -1.46. The Hall–Kier alpha value is -2.65. The first kappa shape index (κ1) is 25.6. The van der Waals surface area contributed by atoms with Crippen molar-refractivity contribution in [3.8, 4) is 5.75 Å². The average Bonchev–Trinajstić information content (AvgIpc) is 3.23. The second-order valence-electron chi connectivity index (χ2n) is 8.07. The van der Waals surface area contributed by atoms with Gasteiger partial charge < -0.3 is 30.2 Å². The number of ether oxygens (including phenoxy) is 1. The van der Waals surface area contributed by atoms with Crippen LogP contribution in [-0.4, -0.2) is 65.9 Å². The molecule has 9 nitrogen and oxygen atoms in total. The van der Waals surface area contributed by atoms with E-state index in [2.05, 4.69) is 10.6 Å². The molecule has 0 spiro atoms. The summed E-state index contributed by atoms with van der Waals surface area (Å²) in [4.78, 5) is 49.5. The van der Waals surface area contributed by atoms with Crippen molar-refractivity contribution in [3.05, 3.63) is 28.8 Å². The Morgan fingerprint density at radius 2 is 2.06 bits per heavy atom. The van der Waals surface area contributed by atoms with Crippen LogP contribution in [0.25, 0.3) is 0 Å². The van der Waals surface area contributed by atoms with Crippen LogP contribution in [0.15, 0.2) is 18.2 Å². The van der Waals surface area contributed by atoms with E-state index >= 15 is 0 Å². The number of carboxylic acid groups (broad SMARTS) is 1. The number of amides is 2. The zero-order valence-corrected chi connectivity index (χ0v) is 19.2. The highest BCUT2D eigenvalue weighted by Gasteiger charge is 2.38. The van der Waals surface area contributed by atoms with E-state index in [1.54, 1.807) is 6.07 Å². The fraction of sp³-hybridized carbons (Fsp3) is 0.545. The van der Waals surface area contributed by atoms with Gasteiger partial charge in [0.2, 0.25) is 11.8 Å². The molecule has 3 atom stereocenters. The number of carbonyl (C=O) groups is 4. The number of nitrogens with zero attached hydrogens (tertiary/aromatic N) is 1. The Bertz CT molecular complexity index is 847. The largest absolute Gasteiger partial charge is 0.495 e. The zero-order valence-electron chi connectivity index (χ0n) is 18.5. The molecule has 0 saturated carbocycles. The monoisotopic (exact) mass is 467 g/mol. The maximum Gasteiger partial charge on any atom is 0.305 e. The minimum Gasteiger partial charge on any atom is -0.495 e. The van der Waals surface area contributed by atoms with Crippen molar-refractivity contribution in [1.29, 1.82) is 0 Å². The summed E-state index contributed by atoms with van der Waals surface area (Å²) in [6.07, 6.45) is 0.973. The normalized spacial score (nSPS) is 17.7. The second kappa shape index (κ2) is 11.8. The highest BCUT2D eigenvalue weighted by molar-refractivity contribution is 6.32. The van der Waals surface area contributed by atoms with Crippen molar-refractivity contribution in [2.24, 2.45) is 5.92 Å². The molecular weight excluding hydrogens is 438 g/mol. The molecule has 1 aliphatic rings. The van der Waals surface area contributed by atoms with E-state index in [1.165, 1.54) is 12.0 Å². The molecule has 32 heavy (non-hydrogen) atoms. The zero-order chi connectivity index (χ0) is 23.8. The number of rotatable bonds is 11. The van der Waals surface area contributed by atoms with Crippen LogP contribution in [-0.2, 0) is 25.7 Å². The lowest BCUT2D eigenvalue weighted by atomic mass is 10.0. The molecule has 10 heteroatoms. The smallest absolute Gasteiger partial charge is 0.305 e. The first-order chi connectivity index (χ1) is 15.2. The van der Waals surface area contributed by atoms with Gasteiger partial charge in [-0.05, 0) is 30.4 Å². The van der Waals surface area contributed by atoms with E-state index < -0.39 is 36.4 Å². The molecule has 176 valence electrons. The number of hydrogen-bond donors (Lipinski definition) is 3. The van der Waals surface area contributed by atoms with Crippen molar-refractivity contribution in [3.63, 3.8) is 0 Å². The van der Waals surface area contributed by atoms with E-state index in [0.29, 0.717) is 43.0 Å². The van der Waals surface area contributed by atoms with Crippen LogP contribution in [0.1, 0.15) is 38.7 Å². The number of benzene rings is 1. The molecule has 0 aromatic heterocycles. The lowest BCUT2D eigenvalue weighted by Crippen LogP contribution is -2.55. The minimum atomic E-state index is -1.19. The van der Waals surface area contributed by atoms with Gasteiger partial charge in [-0.1, -0.05) is 37.6 Å². The number of likely N-dealkylation sites (tertiary alicyclic amines) is 1. The highest BCUT2D eigenvalue weighted by Crippen LogP contribution is 2.28.